The molecule has 1 unspecified atom stereocenters. The molecule has 0 amide bonds. The summed E-state index contributed by atoms with van der Waals surface area (Å²) in [7, 11) is 0. The van der Waals surface area contributed by atoms with Crippen LogP contribution in [0.4, 0.5) is 0 Å². The first-order valence-electron chi connectivity index (χ1n) is 5.27. The molecule has 2 heterocycles. The molecule has 0 aromatic rings. The van der Waals surface area contributed by atoms with Gasteiger partial charge in [0.2, 0.25) is 6.04 Å². The van der Waals surface area contributed by atoms with Crippen LogP contribution in [0.1, 0.15) is 40.0 Å². The quantitative estimate of drug-likeness (QED) is 0.508. The Balaban J connectivity index is 2.19. The summed E-state index contributed by atoms with van der Waals surface area (Å²) in [5, 5.41) is 4.48. The monoisotopic (exact) mass is 179 g/mol. The molecule has 2 aliphatic heterocycles. The average molecular weight is 179 g/mol. The molecule has 0 aliphatic carbocycles. The second-order valence-corrected chi connectivity index (χ2v) is 5.12. The average Bonchev–Trinajstić information content (AvgIpc) is 2.45. The molecule has 0 aromatic carbocycles. The van der Waals surface area contributed by atoms with E-state index in [4.69, 9.17) is 0 Å². The highest BCUT2D eigenvalue weighted by Crippen LogP contribution is 2.36. The minimum atomic E-state index is 0.292. The second kappa shape index (κ2) is 2.93. The van der Waals surface area contributed by atoms with Crippen molar-refractivity contribution in [2.75, 3.05) is 6.54 Å². The van der Waals surface area contributed by atoms with Crippen LogP contribution in [-0.4, -0.2) is 17.3 Å². The summed E-state index contributed by atoms with van der Waals surface area (Å²) in [6.07, 6.45) is 6.07. The summed E-state index contributed by atoms with van der Waals surface area (Å²) in [6, 6.07) is 0.619. The van der Waals surface area contributed by atoms with Gasteiger partial charge >= 0.3 is 0 Å². The van der Waals surface area contributed by atoms with Crippen LogP contribution < -0.4 is 0 Å². The van der Waals surface area contributed by atoms with E-state index in [1.165, 1.54) is 24.8 Å². The zero-order valence-electron chi connectivity index (χ0n) is 8.88. The van der Waals surface area contributed by atoms with Crippen molar-refractivity contribution in [3.63, 3.8) is 0 Å². The van der Waals surface area contributed by atoms with Crippen molar-refractivity contribution in [1.82, 2.24) is 0 Å². The number of hydrogen-bond donors (Lipinski definition) is 0. The van der Waals surface area contributed by atoms with Gasteiger partial charge in [-0.3, -0.25) is 0 Å². The van der Waals surface area contributed by atoms with Crippen LogP contribution in [0.2, 0.25) is 0 Å². The molecule has 1 fully saturated rings. The topological polar surface area (TPSA) is 15.4 Å². The lowest BCUT2D eigenvalue weighted by molar-refractivity contribution is -0.620. The van der Waals surface area contributed by atoms with Gasteiger partial charge in [0.15, 0.2) is 6.54 Å². The zero-order chi connectivity index (χ0) is 9.47. The number of fused-ring (bicyclic) bond motifs is 1. The summed E-state index contributed by atoms with van der Waals surface area (Å²) in [5.41, 5.74) is 1.81. The lowest BCUT2D eigenvalue weighted by atomic mass is 9.80. The van der Waals surface area contributed by atoms with Crippen molar-refractivity contribution < 1.29 is 4.70 Å². The van der Waals surface area contributed by atoms with Gasteiger partial charge in [0.1, 0.15) is 6.20 Å². The van der Waals surface area contributed by atoms with E-state index in [9.17, 15) is 0 Å². The van der Waals surface area contributed by atoms with Crippen LogP contribution in [0.3, 0.4) is 0 Å². The van der Waals surface area contributed by atoms with E-state index in [0.717, 1.165) is 6.54 Å². The molecule has 0 saturated carbocycles. The number of nitrogens with zero attached hydrogens (tertiary/aromatic N) is 2. The van der Waals surface area contributed by atoms with Gasteiger partial charge in [-0.2, -0.15) is 0 Å². The second-order valence-electron chi connectivity index (χ2n) is 5.12. The summed E-state index contributed by atoms with van der Waals surface area (Å²) >= 11 is 0. The van der Waals surface area contributed by atoms with Crippen molar-refractivity contribution in [3.8, 4) is 0 Å². The maximum absolute atomic E-state index is 4.48. The molecule has 1 saturated heterocycles. The van der Waals surface area contributed by atoms with Crippen LogP contribution in [0.15, 0.2) is 16.9 Å². The van der Waals surface area contributed by atoms with E-state index < -0.39 is 0 Å². The maximum Gasteiger partial charge on any atom is 0.202 e. The van der Waals surface area contributed by atoms with Gasteiger partial charge in [-0.15, -0.1) is 4.70 Å². The molecule has 72 valence electrons. The number of azo groups is 2. The fourth-order valence-corrected chi connectivity index (χ4v) is 2.29. The molecule has 2 heteroatoms. The molecule has 0 aromatic heterocycles. The van der Waals surface area contributed by atoms with E-state index in [1.54, 1.807) is 0 Å². The van der Waals surface area contributed by atoms with Crippen molar-refractivity contribution in [2.24, 2.45) is 10.5 Å². The van der Waals surface area contributed by atoms with Crippen molar-refractivity contribution >= 4 is 0 Å². The minimum absolute atomic E-state index is 0.292. The normalized spacial score (nSPS) is 28.1. The van der Waals surface area contributed by atoms with Crippen LogP contribution in [-0.2, 0) is 0 Å². The third-order valence-corrected chi connectivity index (χ3v) is 3.04. The Morgan fingerprint density at radius 3 is 2.85 bits per heavy atom. The summed E-state index contributed by atoms with van der Waals surface area (Å²) in [5.74, 6) is 0. The third kappa shape index (κ3) is 1.54. The fraction of sp³-hybridized carbons (Fsp3) is 0.818. The smallest absolute Gasteiger partial charge is 0.116 e. The Morgan fingerprint density at radius 2 is 2.15 bits per heavy atom. The summed E-state index contributed by atoms with van der Waals surface area (Å²) in [4.78, 5) is 0. The Kier molecular flexibility index (Phi) is 2.01. The Morgan fingerprint density at radius 1 is 1.38 bits per heavy atom. The molecule has 0 bridgehead atoms. The van der Waals surface area contributed by atoms with Gasteiger partial charge in [0.05, 0.1) is 0 Å². The predicted molar refractivity (Wildman–Crippen MR) is 52.7 cm³/mol. The highest BCUT2D eigenvalue weighted by molar-refractivity contribution is 5.16. The predicted octanol–water partition coefficient (Wildman–Crippen LogP) is 2.95. The molecule has 2 nitrogen and oxygen atoms in total. The SMILES string of the molecule is CC(C)(C)C1=CN=[N+]2CCCCC12. The van der Waals surface area contributed by atoms with E-state index >= 15 is 0 Å². The molecule has 0 radical (unpaired) electrons. The highest BCUT2D eigenvalue weighted by Gasteiger charge is 2.39. The van der Waals surface area contributed by atoms with Crippen molar-refractivity contribution in [1.29, 1.82) is 0 Å². The molecule has 0 N–H and O–H groups in total. The largest absolute Gasteiger partial charge is 0.202 e. The van der Waals surface area contributed by atoms with Crippen LogP contribution >= 0.6 is 0 Å². The lowest BCUT2D eigenvalue weighted by Crippen LogP contribution is -2.33. The highest BCUT2D eigenvalue weighted by atomic mass is 15.3. The van der Waals surface area contributed by atoms with Gasteiger partial charge in [0.25, 0.3) is 0 Å². The molecule has 13 heavy (non-hydrogen) atoms. The van der Waals surface area contributed by atoms with Gasteiger partial charge in [0, 0.05) is 18.4 Å². The molecular formula is C11H19N2+. The van der Waals surface area contributed by atoms with E-state index in [1.807, 2.05) is 0 Å². The number of rotatable bonds is 0. The Bertz CT molecular complexity index is 268. The lowest BCUT2D eigenvalue weighted by Gasteiger charge is -2.25. The third-order valence-electron chi connectivity index (χ3n) is 3.04. The van der Waals surface area contributed by atoms with Gasteiger partial charge in [-0.1, -0.05) is 20.8 Å². The summed E-state index contributed by atoms with van der Waals surface area (Å²) < 4.78 is 2.27. The summed E-state index contributed by atoms with van der Waals surface area (Å²) in [6.45, 7) is 8.01. The minimum Gasteiger partial charge on any atom is -0.116 e. The zero-order valence-corrected chi connectivity index (χ0v) is 8.88. The standard InChI is InChI=1S/C11H19N2/c1-11(2,3)9-8-12-13-7-5-4-6-10(9)13/h8,10H,4-7H2,1-3H3/q+1. The molecule has 2 rings (SSSR count). The van der Waals surface area contributed by atoms with Gasteiger partial charge in [-0.25, -0.2) is 0 Å². The molecule has 2 aliphatic rings. The van der Waals surface area contributed by atoms with Gasteiger partial charge < -0.3 is 0 Å². The fourth-order valence-electron chi connectivity index (χ4n) is 2.29. The van der Waals surface area contributed by atoms with E-state index in [0.29, 0.717) is 11.5 Å². The molecule has 0 spiro atoms. The first-order valence-corrected chi connectivity index (χ1v) is 5.27. The Hall–Kier alpha value is -0.660. The van der Waals surface area contributed by atoms with Crippen LogP contribution in [0.25, 0.3) is 0 Å². The molecule has 1 atom stereocenters. The van der Waals surface area contributed by atoms with E-state index in [-0.39, 0.29) is 0 Å². The Labute approximate surface area is 80.3 Å². The van der Waals surface area contributed by atoms with Crippen molar-refractivity contribution in [3.05, 3.63) is 11.8 Å². The maximum atomic E-state index is 4.48. The first-order chi connectivity index (χ1) is 6.09. The van der Waals surface area contributed by atoms with Gasteiger partial charge in [-0.05, 0) is 17.0 Å². The van der Waals surface area contributed by atoms with Crippen LogP contribution in [0, 0.1) is 5.41 Å². The van der Waals surface area contributed by atoms with Crippen LogP contribution in [0.5, 0.6) is 0 Å². The number of piperidine rings is 1. The number of hydrogen-bond acceptors (Lipinski definition) is 1. The first kappa shape index (κ1) is 8.92. The molecular weight excluding hydrogens is 160 g/mol. The van der Waals surface area contributed by atoms with Crippen molar-refractivity contribution in [2.45, 2.75) is 46.1 Å². The van der Waals surface area contributed by atoms with E-state index in [2.05, 4.69) is 36.8 Å².